The van der Waals surface area contributed by atoms with Crippen LogP contribution in [0.4, 0.5) is 0 Å². The van der Waals surface area contributed by atoms with Gasteiger partial charge >= 0.3 is 5.97 Å². The Morgan fingerprint density at radius 1 is 1.39 bits per heavy atom. The van der Waals surface area contributed by atoms with Crippen LogP contribution in [0.25, 0.3) is 0 Å². The average Bonchev–Trinajstić information content (AvgIpc) is 2.45. The summed E-state index contributed by atoms with van der Waals surface area (Å²) in [6, 6.07) is 0. The molecule has 0 aromatic rings. The zero-order valence-electron chi connectivity index (χ0n) is 15.1. The van der Waals surface area contributed by atoms with Crippen molar-refractivity contribution in [1.29, 1.82) is 0 Å². The van der Waals surface area contributed by atoms with Crippen molar-refractivity contribution in [2.24, 2.45) is 28.6 Å². The van der Waals surface area contributed by atoms with Crippen LogP contribution in [0.3, 0.4) is 0 Å². The molecular formula is C20H34O3. The number of hydrogen-bond acceptors (Lipinski definition) is 2. The first-order valence-corrected chi connectivity index (χ1v) is 9.23. The molecule has 0 saturated heterocycles. The number of allylic oxidation sites excluding steroid dienone is 1. The lowest BCUT2D eigenvalue weighted by atomic mass is 9.46. The highest BCUT2D eigenvalue weighted by Gasteiger charge is 2.53. The number of aliphatic hydroxyl groups is 1. The van der Waals surface area contributed by atoms with E-state index in [9.17, 15) is 9.90 Å². The maximum atomic E-state index is 10.9. The Balaban J connectivity index is 2.14. The van der Waals surface area contributed by atoms with Gasteiger partial charge in [-0.15, -0.1) is 0 Å². The van der Waals surface area contributed by atoms with Crippen molar-refractivity contribution in [1.82, 2.24) is 0 Å². The van der Waals surface area contributed by atoms with E-state index in [1.165, 1.54) is 18.4 Å². The van der Waals surface area contributed by atoms with Crippen LogP contribution >= 0.6 is 0 Å². The molecule has 0 aromatic carbocycles. The van der Waals surface area contributed by atoms with E-state index in [1.807, 2.05) is 6.92 Å². The number of hydrogen-bond donors (Lipinski definition) is 2. The molecular weight excluding hydrogens is 288 g/mol. The summed E-state index contributed by atoms with van der Waals surface area (Å²) in [6.45, 7) is 11.3. The van der Waals surface area contributed by atoms with Gasteiger partial charge in [-0.3, -0.25) is 4.79 Å². The highest BCUT2D eigenvalue weighted by Crippen LogP contribution is 2.61. The minimum atomic E-state index is -0.699. The molecule has 23 heavy (non-hydrogen) atoms. The predicted molar refractivity (Wildman–Crippen MR) is 93.2 cm³/mol. The zero-order valence-corrected chi connectivity index (χ0v) is 15.1. The third-order valence-corrected chi connectivity index (χ3v) is 6.98. The average molecular weight is 322 g/mol. The van der Waals surface area contributed by atoms with E-state index >= 15 is 0 Å². The molecule has 2 aliphatic rings. The molecule has 2 N–H and O–H groups in total. The van der Waals surface area contributed by atoms with Crippen molar-refractivity contribution in [3.8, 4) is 0 Å². The molecule has 5 atom stereocenters. The number of aliphatic carboxylic acids is 1. The highest BCUT2D eigenvalue weighted by atomic mass is 16.4. The Hall–Kier alpha value is -0.830. The van der Waals surface area contributed by atoms with Gasteiger partial charge in [0.25, 0.3) is 0 Å². The van der Waals surface area contributed by atoms with Gasteiger partial charge in [-0.2, -0.15) is 0 Å². The minimum Gasteiger partial charge on any atom is -0.481 e. The molecule has 5 unspecified atom stereocenters. The summed E-state index contributed by atoms with van der Waals surface area (Å²) in [7, 11) is 0. The van der Waals surface area contributed by atoms with Crippen LogP contribution in [0.15, 0.2) is 12.2 Å². The van der Waals surface area contributed by atoms with E-state index in [1.54, 1.807) is 0 Å². The standard InChI is InChI=1S/C20H34O3/c1-14(12-18(22)23)6-8-16-15(2)7-9-17-19(3,13-21)10-5-11-20(16,17)4/h14,16-17,21H,2,5-13H2,1,3-4H3,(H,22,23). The monoisotopic (exact) mass is 322 g/mol. The summed E-state index contributed by atoms with van der Waals surface area (Å²) >= 11 is 0. The van der Waals surface area contributed by atoms with Gasteiger partial charge in [0, 0.05) is 13.0 Å². The van der Waals surface area contributed by atoms with Gasteiger partial charge in [0.15, 0.2) is 0 Å². The smallest absolute Gasteiger partial charge is 0.303 e. The van der Waals surface area contributed by atoms with Crippen molar-refractivity contribution < 1.29 is 15.0 Å². The number of fused-ring (bicyclic) bond motifs is 1. The molecule has 0 amide bonds. The Morgan fingerprint density at radius 2 is 2.09 bits per heavy atom. The fourth-order valence-electron chi connectivity index (χ4n) is 5.66. The molecule has 0 spiro atoms. The molecule has 2 saturated carbocycles. The van der Waals surface area contributed by atoms with Gasteiger partial charge in [-0.05, 0) is 67.1 Å². The Kier molecular flexibility index (Phi) is 5.60. The number of aliphatic hydroxyl groups excluding tert-OH is 1. The van der Waals surface area contributed by atoms with E-state index in [2.05, 4.69) is 20.4 Å². The number of carboxylic acid groups (broad SMARTS) is 1. The molecule has 3 nitrogen and oxygen atoms in total. The Labute approximate surface area is 141 Å². The topological polar surface area (TPSA) is 57.5 Å². The van der Waals surface area contributed by atoms with Gasteiger partial charge in [-0.1, -0.05) is 39.3 Å². The first-order valence-electron chi connectivity index (χ1n) is 9.23. The summed E-state index contributed by atoms with van der Waals surface area (Å²) < 4.78 is 0. The van der Waals surface area contributed by atoms with E-state index in [-0.39, 0.29) is 29.8 Å². The van der Waals surface area contributed by atoms with Crippen LogP contribution in [0, 0.1) is 28.6 Å². The van der Waals surface area contributed by atoms with E-state index in [0.717, 1.165) is 32.1 Å². The quantitative estimate of drug-likeness (QED) is 0.700. The Morgan fingerprint density at radius 3 is 2.70 bits per heavy atom. The molecule has 132 valence electrons. The first kappa shape index (κ1) is 18.5. The largest absolute Gasteiger partial charge is 0.481 e. The minimum absolute atomic E-state index is 0.0403. The highest BCUT2D eigenvalue weighted by molar-refractivity contribution is 5.66. The lowest BCUT2D eigenvalue weighted by Crippen LogP contribution is -2.51. The third-order valence-electron chi connectivity index (χ3n) is 6.98. The predicted octanol–water partition coefficient (Wildman–Crippen LogP) is 4.65. The van der Waals surface area contributed by atoms with Crippen LogP contribution < -0.4 is 0 Å². The SMILES string of the molecule is C=C1CCC2C(C)(CO)CCCC2(C)C1CCC(C)CC(=O)O. The molecule has 2 fully saturated rings. The van der Waals surface area contributed by atoms with Crippen molar-refractivity contribution in [2.45, 2.75) is 72.1 Å². The van der Waals surface area contributed by atoms with Gasteiger partial charge in [0.1, 0.15) is 0 Å². The summed E-state index contributed by atoms with van der Waals surface area (Å²) in [6.07, 6.45) is 7.98. The maximum absolute atomic E-state index is 10.9. The lowest BCUT2D eigenvalue weighted by Gasteiger charge is -2.58. The van der Waals surface area contributed by atoms with Crippen LogP contribution in [-0.2, 0) is 4.79 Å². The molecule has 2 aliphatic carbocycles. The second-order valence-corrected chi connectivity index (χ2v) is 8.75. The zero-order chi connectivity index (χ0) is 17.3. The van der Waals surface area contributed by atoms with Crippen molar-refractivity contribution in [3.63, 3.8) is 0 Å². The second-order valence-electron chi connectivity index (χ2n) is 8.75. The van der Waals surface area contributed by atoms with E-state index in [0.29, 0.717) is 11.8 Å². The summed E-state index contributed by atoms with van der Waals surface area (Å²) in [5.74, 6) is 0.550. The molecule has 0 aromatic heterocycles. The van der Waals surface area contributed by atoms with Gasteiger partial charge in [-0.25, -0.2) is 0 Å². The van der Waals surface area contributed by atoms with E-state index < -0.39 is 5.97 Å². The van der Waals surface area contributed by atoms with Gasteiger partial charge < -0.3 is 10.2 Å². The fourth-order valence-corrected chi connectivity index (χ4v) is 5.66. The van der Waals surface area contributed by atoms with E-state index in [4.69, 9.17) is 5.11 Å². The first-order chi connectivity index (χ1) is 10.7. The maximum Gasteiger partial charge on any atom is 0.303 e. The molecule has 3 heteroatoms. The third kappa shape index (κ3) is 3.65. The van der Waals surface area contributed by atoms with Gasteiger partial charge in [0.05, 0.1) is 0 Å². The summed E-state index contributed by atoms with van der Waals surface area (Å²) in [4.78, 5) is 10.9. The van der Waals surface area contributed by atoms with Crippen molar-refractivity contribution in [3.05, 3.63) is 12.2 Å². The number of carboxylic acids is 1. The lowest BCUT2D eigenvalue weighted by molar-refractivity contribution is -0.138. The Bertz CT molecular complexity index is 458. The normalized spacial score (nSPS) is 38.9. The number of carbonyl (C=O) groups is 1. The van der Waals surface area contributed by atoms with Gasteiger partial charge in [0.2, 0.25) is 0 Å². The van der Waals surface area contributed by atoms with Crippen LogP contribution in [0.2, 0.25) is 0 Å². The molecule has 0 aliphatic heterocycles. The number of rotatable bonds is 6. The van der Waals surface area contributed by atoms with Crippen LogP contribution in [-0.4, -0.2) is 22.8 Å². The molecule has 0 heterocycles. The van der Waals surface area contributed by atoms with Crippen LogP contribution in [0.1, 0.15) is 72.1 Å². The summed E-state index contributed by atoms with van der Waals surface area (Å²) in [5, 5.41) is 19.0. The molecule has 2 rings (SSSR count). The fraction of sp³-hybridized carbons (Fsp3) is 0.850. The molecule has 0 radical (unpaired) electrons. The van der Waals surface area contributed by atoms with Crippen molar-refractivity contribution >= 4 is 5.97 Å². The summed E-state index contributed by atoms with van der Waals surface area (Å²) in [5.41, 5.74) is 1.61. The molecule has 0 bridgehead atoms. The van der Waals surface area contributed by atoms with Crippen molar-refractivity contribution in [2.75, 3.05) is 6.61 Å². The second kappa shape index (κ2) is 6.96. The van der Waals surface area contributed by atoms with Crippen LogP contribution in [0.5, 0.6) is 0 Å².